The second-order valence-corrected chi connectivity index (χ2v) is 8.80. The lowest BCUT2D eigenvalue weighted by molar-refractivity contribution is -0.143. The fourth-order valence-electron chi connectivity index (χ4n) is 3.07. The molecule has 36 heavy (non-hydrogen) atoms. The Bertz CT molecular complexity index is 799. The van der Waals surface area contributed by atoms with Crippen molar-refractivity contribution in [1.82, 2.24) is 16.0 Å². The fourth-order valence-corrected chi connectivity index (χ4v) is 3.07. The third-order valence-corrected chi connectivity index (χ3v) is 4.97. The quantitative estimate of drug-likeness (QED) is 0.0539. The first-order valence-electron chi connectivity index (χ1n) is 11.5. The summed E-state index contributed by atoms with van der Waals surface area (Å²) in [5.41, 5.74) is 16.1. The number of carbonyl (C=O) groups excluding carboxylic acids is 3. The molecule has 0 saturated carbocycles. The molecular weight excluding hydrogens is 478 g/mol. The molecule has 5 atom stereocenters. The van der Waals surface area contributed by atoms with Crippen LogP contribution in [0.25, 0.3) is 0 Å². The second kappa shape index (κ2) is 16.3. The summed E-state index contributed by atoms with van der Waals surface area (Å²) in [6.07, 6.45) is -1.51. The third-order valence-electron chi connectivity index (χ3n) is 4.97. The highest BCUT2D eigenvalue weighted by atomic mass is 16.4. The minimum Gasteiger partial charge on any atom is -0.481 e. The number of carbonyl (C=O) groups is 5. The van der Waals surface area contributed by atoms with Crippen LogP contribution in [0, 0.1) is 5.92 Å². The van der Waals surface area contributed by atoms with Gasteiger partial charge in [0, 0.05) is 13.0 Å². The number of nitrogens with zero attached hydrogens (tertiary/aromatic N) is 1. The van der Waals surface area contributed by atoms with Crippen molar-refractivity contribution in [2.24, 2.45) is 28.1 Å². The molecule has 0 spiro atoms. The highest BCUT2D eigenvalue weighted by molar-refractivity contribution is 5.94. The van der Waals surface area contributed by atoms with Crippen LogP contribution in [0.5, 0.6) is 0 Å². The van der Waals surface area contributed by atoms with Gasteiger partial charge in [-0.15, -0.1) is 0 Å². The van der Waals surface area contributed by atoms with Gasteiger partial charge in [0.1, 0.15) is 18.1 Å². The Balaban J connectivity index is 5.36. The number of rotatable bonds is 17. The van der Waals surface area contributed by atoms with Crippen molar-refractivity contribution in [2.45, 2.75) is 83.1 Å². The molecule has 12 N–H and O–H groups in total. The molecule has 3 amide bonds. The number of aliphatic carboxylic acids is 2. The van der Waals surface area contributed by atoms with E-state index in [-0.39, 0.29) is 50.5 Å². The average molecular weight is 518 g/mol. The predicted octanol–water partition coefficient (Wildman–Crippen LogP) is -2.80. The summed E-state index contributed by atoms with van der Waals surface area (Å²) in [6, 6.07) is -5.17. The van der Waals surface area contributed by atoms with Crippen molar-refractivity contribution in [3.63, 3.8) is 0 Å². The zero-order valence-electron chi connectivity index (χ0n) is 20.8. The second-order valence-electron chi connectivity index (χ2n) is 8.80. The predicted molar refractivity (Wildman–Crippen MR) is 129 cm³/mol. The summed E-state index contributed by atoms with van der Waals surface area (Å²) in [5.74, 6) is -5.18. The van der Waals surface area contributed by atoms with Gasteiger partial charge in [-0.1, -0.05) is 13.8 Å². The molecule has 0 aliphatic carbocycles. The van der Waals surface area contributed by atoms with Gasteiger partial charge in [-0.3, -0.25) is 24.2 Å². The monoisotopic (exact) mass is 517 g/mol. The summed E-state index contributed by atoms with van der Waals surface area (Å²) < 4.78 is 0. The summed E-state index contributed by atoms with van der Waals surface area (Å²) in [7, 11) is 0. The summed E-state index contributed by atoms with van der Waals surface area (Å²) in [5, 5.41) is 35.3. The zero-order chi connectivity index (χ0) is 28.0. The topological polar surface area (TPSA) is 273 Å². The number of aliphatic hydroxyl groups excluding tert-OH is 1. The molecule has 0 radical (unpaired) electrons. The Morgan fingerprint density at radius 2 is 1.44 bits per heavy atom. The Morgan fingerprint density at radius 3 is 1.92 bits per heavy atom. The first-order chi connectivity index (χ1) is 16.6. The maximum absolute atomic E-state index is 12.9. The summed E-state index contributed by atoms with van der Waals surface area (Å²) in [6.45, 7) is 4.95. The number of hydrogen-bond acceptors (Lipinski definition) is 8. The number of hydrogen-bond donors (Lipinski definition) is 9. The summed E-state index contributed by atoms with van der Waals surface area (Å²) in [4.78, 5) is 64.0. The van der Waals surface area contributed by atoms with Gasteiger partial charge < -0.3 is 48.5 Å². The zero-order valence-corrected chi connectivity index (χ0v) is 20.8. The van der Waals surface area contributed by atoms with Crippen molar-refractivity contribution in [2.75, 3.05) is 6.54 Å². The van der Waals surface area contributed by atoms with Crippen LogP contribution in [0.3, 0.4) is 0 Å². The number of aliphatic imine (C=N–C) groups is 1. The average Bonchev–Trinajstić information content (AvgIpc) is 2.75. The lowest BCUT2D eigenvalue weighted by Gasteiger charge is -2.27. The highest BCUT2D eigenvalue weighted by Gasteiger charge is 2.33. The molecule has 0 fully saturated rings. The largest absolute Gasteiger partial charge is 0.481 e. The van der Waals surface area contributed by atoms with Crippen LogP contribution in [-0.4, -0.2) is 87.8 Å². The molecule has 0 heterocycles. The number of carboxylic acid groups (broad SMARTS) is 2. The van der Waals surface area contributed by atoms with Gasteiger partial charge in [0.05, 0.1) is 12.1 Å². The van der Waals surface area contributed by atoms with Gasteiger partial charge in [0.25, 0.3) is 0 Å². The molecule has 0 saturated heterocycles. The highest BCUT2D eigenvalue weighted by Crippen LogP contribution is 2.08. The molecule has 0 aliphatic heterocycles. The van der Waals surface area contributed by atoms with E-state index in [2.05, 4.69) is 20.9 Å². The maximum Gasteiger partial charge on any atom is 0.326 e. The molecule has 0 aliphatic rings. The van der Waals surface area contributed by atoms with E-state index in [9.17, 15) is 34.2 Å². The number of amides is 3. The lowest BCUT2D eigenvalue weighted by atomic mass is 10.0. The van der Waals surface area contributed by atoms with Crippen LogP contribution in [0.4, 0.5) is 0 Å². The van der Waals surface area contributed by atoms with Crippen molar-refractivity contribution in [1.29, 1.82) is 0 Å². The smallest absolute Gasteiger partial charge is 0.326 e. The standard InChI is InChI=1S/C21H39N7O8/c1-10(2)9-14(27-17(32)12(22)6-7-15(30)31)18(33)28-16(11(3)29)19(34)26-13(20(35)36)5-4-8-25-21(23)24/h10-14,16,29H,4-9,22H2,1-3H3,(H,26,34)(H,27,32)(H,28,33)(H,30,31)(H,35,36)(H4,23,24,25). The Hall–Kier alpha value is -3.46. The van der Waals surface area contributed by atoms with Gasteiger partial charge in [-0.2, -0.15) is 0 Å². The van der Waals surface area contributed by atoms with E-state index >= 15 is 0 Å². The molecule has 0 bridgehead atoms. The Morgan fingerprint density at radius 1 is 0.861 bits per heavy atom. The molecule has 0 rings (SSSR count). The molecule has 0 aromatic heterocycles. The molecule has 5 unspecified atom stereocenters. The van der Waals surface area contributed by atoms with Gasteiger partial charge in [-0.05, 0) is 38.5 Å². The van der Waals surface area contributed by atoms with Crippen LogP contribution >= 0.6 is 0 Å². The molecular formula is C21H39N7O8. The van der Waals surface area contributed by atoms with Gasteiger partial charge in [-0.25, -0.2) is 4.79 Å². The normalized spacial score (nSPS) is 15.1. The van der Waals surface area contributed by atoms with Crippen LogP contribution in [0.2, 0.25) is 0 Å². The summed E-state index contributed by atoms with van der Waals surface area (Å²) >= 11 is 0. The van der Waals surface area contributed by atoms with Crippen LogP contribution < -0.4 is 33.2 Å². The van der Waals surface area contributed by atoms with E-state index < -0.39 is 59.9 Å². The molecule has 15 nitrogen and oxygen atoms in total. The van der Waals surface area contributed by atoms with Crippen LogP contribution in [0.15, 0.2) is 4.99 Å². The number of nitrogens with one attached hydrogen (secondary N) is 3. The van der Waals surface area contributed by atoms with E-state index in [4.69, 9.17) is 22.3 Å². The minimum absolute atomic E-state index is 0.0153. The Kier molecular flexibility index (Phi) is 14.7. The van der Waals surface area contributed by atoms with Crippen molar-refractivity contribution >= 4 is 35.6 Å². The van der Waals surface area contributed by atoms with Crippen molar-refractivity contribution in [3.05, 3.63) is 0 Å². The number of carboxylic acids is 2. The number of guanidine groups is 1. The molecule has 206 valence electrons. The van der Waals surface area contributed by atoms with E-state index in [0.29, 0.717) is 0 Å². The van der Waals surface area contributed by atoms with E-state index in [1.807, 2.05) is 0 Å². The molecule has 0 aromatic carbocycles. The maximum atomic E-state index is 12.9. The lowest BCUT2D eigenvalue weighted by Crippen LogP contribution is -2.60. The number of aliphatic hydroxyl groups is 1. The fraction of sp³-hybridized carbons (Fsp3) is 0.714. The van der Waals surface area contributed by atoms with E-state index in [1.165, 1.54) is 6.92 Å². The van der Waals surface area contributed by atoms with Gasteiger partial charge >= 0.3 is 11.9 Å². The minimum atomic E-state index is -1.52. The first-order valence-corrected chi connectivity index (χ1v) is 11.5. The van der Waals surface area contributed by atoms with Crippen molar-refractivity contribution in [3.8, 4) is 0 Å². The Labute approximate surface area is 209 Å². The molecule has 15 heteroatoms. The van der Waals surface area contributed by atoms with E-state index in [1.54, 1.807) is 13.8 Å². The van der Waals surface area contributed by atoms with Gasteiger partial charge in [0.2, 0.25) is 17.7 Å². The number of nitrogens with two attached hydrogens (primary N) is 3. The van der Waals surface area contributed by atoms with Crippen LogP contribution in [0.1, 0.15) is 52.9 Å². The van der Waals surface area contributed by atoms with Gasteiger partial charge in [0.15, 0.2) is 5.96 Å². The third kappa shape index (κ3) is 13.4. The van der Waals surface area contributed by atoms with Crippen LogP contribution in [-0.2, 0) is 24.0 Å². The molecule has 0 aromatic rings. The van der Waals surface area contributed by atoms with E-state index in [0.717, 1.165) is 0 Å². The SMILES string of the molecule is CC(C)CC(NC(=O)C(N)CCC(=O)O)C(=O)NC(C(=O)NC(CCCN=C(N)N)C(=O)O)C(C)O. The first kappa shape index (κ1) is 32.5. The van der Waals surface area contributed by atoms with Crippen molar-refractivity contribution < 1.29 is 39.3 Å².